The summed E-state index contributed by atoms with van der Waals surface area (Å²) in [6.45, 7) is 12.8. The van der Waals surface area contributed by atoms with Gasteiger partial charge in [0, 0.05) is 0 Å². The molecule has 0 fully saturated rings. The van der Waals surface area contributed by atoms with Gasteiger partial charge >= 0.3 is 0 Å². The first kappa shape index (κ1) is 12.4. The fourth-order valence-corrected chi connectivity index (χ4v) is 0.868. The van der Waals surface area contributed by atoms with Crippen LogP contribution in [0.15, 0.2) is 28.7 Å². The van der Waals surface area contributed by atoms with Gasteiger partial charge in [-0.15, -0.1) is 0 Å². The second-order valence-electron chi connectivity index (χ2n) is 2.45. The molecule has 78 valence electrons. The van der Waals surface area contributed by atoms with E-state index < -0.39 is 0 Å². The number of carbonyl (C=O) groups excluding carboxylic acids is 1. The molecule has 1 amide bonds. The maximum absolute atomic E-state index is 10.8. The van der Waals surface area contributed by atoms with Gasteiger partial charge in [0.1, 0.15) is 0 Å². The molecule has 14 heavy (non-hydrogen) atoms. The van der Waals surface area contributed by atoms with E-state index in [1.807, 2.05) is 13.8 Å². The van der Waals surface area contributed by atoms with E-state index in [-0.39, 0.29) is 12.5 Å². The molecule has 0 aromatic carbocycles. The molecule has 4 nitrogen and oxygen atoms in total. The molecule has 0 radical (unpaired) electrons. The average molecular weight is 196 g/mol. The molecule has 0 unspecified atom stereocenters. The zero-order valence-electron chi connectivity index (χ0n) is 8.89. The highest BCUT2D eigenvalue weighted by molar-refractivity contribution is 5.80. The lowest BCUT2D eigenvalue weighted by molar-refractivity contribution is -0.125. The van der Waals surface area contributed by atoms with Crippen molar-refractivity contribution < 1.29 is 9.53 Å². The predicted molar refractivity (Wildman–Crippen MR) is 56.8 cm³/mol. The summed E-state index contributed by atoms with van der Waals surface area (Å²) in [5, 5.41) is 2.52. The van der Waals surface area contributed by atoms with Crippen LogP contribution in [0.25, 0.3) is 0 Å². The van der Waals surface area contributed by atoms with Crippen molar-refractivity contribution in [1.29, 1.82) is 0 Å². The molecule has 1 heterocycles. The van der Waals surface area contributed by atoms with E-state index in [0.29, 0.717) is 11.6 Å². The van der Waals surface area contributed by atoms with Crippen LogP contribution in [0.3, 0.4) is 0 Å². The van der Waals surface area contributed by atoms with Crippen molar-refractivity contribution in [3.63, 3.8) is 0 Å². The number of hydrogen-bond donors (Lipinski definition) is 1. The van der Waals surface area contributed by atoms with Gasteiger partial charge in [0.15, 0.2) is 18.2 Å². The van der Waals surface area contributed by atoms with Crippen LogP contribution in [-0.4, -0.2) is 19.2 Å². The standard InChI is InChI=1S/C8H10N2O2.C2H6/c1-5(2)7-8(9-3)10-6(11)4-12-7;1-2/h1,3-4H2,2H3,(H,10,11);1-2H3. The molecule has 0 aromatic heterocycles. The molecule has 0 bridgehead atoms. The summed E-state index contributed by atoms with van der Waals surface area (Å²) in [5.74, 6) is 0.630. The molecular weight excluding hydrogens is 180 g/mol. The zero-order valence-corrected chi connectivity index (χ0v) is 8.89. The van der Waals surface area contributed by atoms with E-state index in [0.717, 1.165) is 5.57 Å². The Morgan fingerprint density at radius 3 is 2.57 bits per heavy atom. The number of nitrogens with one attached hydrogen (secondary N) is 1. The lowest BCUT2D eigenvalue weighted by atomic mass is 10.2. The molecule has 1 aliphatic rings. The molecule has 0 spiro atoms. The van der Waals surface area contributed by atoms with Crippen molar-refractivity contribution in [3.8, 4) is 0 Å². The van der Waals surface area contributed by atoms with E-state index in [4.69, 9.17) is 4.74 Å². The van der Waals surface area contributed by atoms with Crippen molar-refractivity contribution in [1.82, 2.24) is 5.32 Å². The number of aliphatic imine (C=N–C) groups is 1. The van der Waals surface area contributed by atoms with Crippen molar-refractivity contribution in [2.45, 2.75) is 20.8 Å². The SMILES string of the molecule is C=NC1=C(C(=C)C)OCC(=O)N1.CC. The number of allylic oxidation sites excluding steroid dienone is 1. The van der Waals surface area contributed by atoms with Gasteiger partial charge in [0.25, 0.3) is 5.91 Å². The van der Waals surface area contributed by atoms with E-state index in [9.17, 15) is 4.79 Å². The first-order valence-corrected chi connectivity index (χ1v) is 4.44. The van der Waals surface area contributed by atoms with Crippen molar-refractivity contribution in [3.05, 3.63) is 23.7 Å². The molecular formula is C10H16N2O2. The van der Waals surface area contributed by atoms with Crippen LogP contribution in [0.2, 0.25) is 0 Å². The minimum atomic E-state index is -0.220. The normalized spacial score (nSPS) is 14.6. The molecule has 0 aromatic rings. The Bertz CT molecular complexity index is 280. The third kappa shape index (κ3) is 3.05. The Morgan fingerprint density at radius 2 is 2.14 bits per heavy atom. The molecule has 0 atom stereocenters. The molecule has 0 aliphatic carbocycles. The minimum Gasteiger partial charge on any atom is -0.480 e. The zero-order chi connectivity index (χ0) is 11.1. The summed E-state index contributed by atoms with van der Waals surface area (Å²) >= 11 is 0. The highest BCUT2D eigenvalue weighted by Crippen LogP contribution is 2.16. The van der Waals surface area contributed by atoms with Crippen molar-refractivity contribution in [2.75, 3.05) is 6.61 Å². The molecule has 0 saturated carbocycles. The van der Waals surface area contributed by atoms with Crippen LogP contribution in [0, 0.1) is 0 Å². The van der Waals surface area contributed by atoms with E-state index in [1.165, 1.54) is 0 Å². The van der Waals surface area contributed by atoms with E-state index >= 15 is 0 Å². The minimum absolute atomic E-state index is 0.0151. The van der Waals surface area contributed by atoms with Gasteiger partial charge in [-0.3, -0.25) is 4.79 Å². The van der Waals surface area contributed by atoms with Crippen molar-refractivity contribution in [2.24, 2.45) is 4.99 Å². The van der Waals surface area contributed by atoms with Crippen LogP contribution < -0.4 is 5.32 Å². The van der Waals surface area contributed by atoms with E-state index in [2.05, 4.69) is 23.6 Å². The summed E-state index contributed by atoms with van der Waals surface area (Å²) < 4.78 is 5.09. The first-order valence-electron chi connectivity index (χ1n) is 4.44. The van der Waals surface area contributed by atoms with Crippen LogP contribution in [0.1, 0.15) is 20.8 Å². The number of rotatable bonds is 2. The topological polar surface area (TPSA) is 50.7 Å². The van der Waals surface area contributed by atoms with Crippen molar-refractivity contribution >= 4 is 12.6 Å². The molecule has 1 aliphatic heterocycles. The number of hydrogen-bond acceptors (Lipinski definition) is 3. The van der Waals surface area contributed by atoms with Gasteiger partial charge < -0.3 is 10.1 Å². The highest BCUT2D eigenvalue weighted by atomic mass is 16.5. The van der Waals surface area contributed by atoms with Gasteiger partial charge in [0.2, 0.25) is 0 Å². The number of ether oxygens (including phenoxy) is 1. The number of nitrogens with zero attached hydrogens (tertiary/aromatic N) is 1. The van der Waals surface area contributed by atoms with Gasteiger partial charge in [-0.05, 0) is 19.2 Å². The summed E-state index contributed by atoms with van der Waals surface area (Å²) in [4.78, 5) is 14.4. The molecule has 1 N–H and O–H groups in total. The second-order valence-corrected chi connectivity index (χ2v) is 2.45. The Labute approximate surface area is 84.4 Å². The average Bonchev–Trinajstić information content (AvgIpc) is 2.20. The molecule has 1 rings (SSSR count). The van der Waals surface area contributed by atoms with Crippen LogP contribution in [-0.2, 0) is 9.53 Å². The Hall–Kier alpha value is -1.58. The lowest BCUT2D eigenvalue weighted by Crippen LogP contribution is -2.32. The van der Waals surface area contributed by atoms with E-state index in [1.54, 1.807) is 6.92 Å². The number of carbonyl (C=O) groups is 1. The predicted octanol–water partition coefficient (Wildman–Crippen LogP) is 1.60. The summed E-state index contributed by atoms with van der Waals surface area (Å²) in [6, 6.07) is 0. The smallest absolute Gasteiger partial charge is 0.263 e. The lowest BCUT2D eigenvalue weighted by Gasteiger charge is -2.18. The summed E-state index contributed by atoms with van der Waals surface area (Å²) in [7, 11) is 0. The Kier molecular flexibility index (Phi) is 5.29. The Balaban J connectivity index is 0.000000791. The van der Waals surface area contributed by atoms with Gasteiger partial charge in [0.05, 0.1) is 0 Å². The quantitative estimate of drug-likeness (QED) is 0.682. The fraction of sp³-hybridized carbons (Fsp3) is 0.400. The van der Waals surface area contributed by atoms with Crippen LogP contribution >= 0.6 is 0 Å². The van der Waals surface area contributed by atoms with Gasteiger partial charge in [-0.1, -0.05) is 20.4 Å². The monoisotopic (exact) mass is 196 g/mol. The third-order valence-corrected chi connectivity index (χ3v) is 1.37. The molecule has 4 heteroatoms. The second kappa shape index (κ2) is 5.96. The Morgan fingerprint density at radius 1 is 1.57 bits per heavy atom. The van der Waals surface area contributed by atoms with Gasteiger partial charge in [-0.25, -0.2) is 4.99 Å². The fourth-order valence-electron chi connectivity index (χ4n) is 0.868. The number of amides is 1. The summed E-state index contributed by atoms with van der Waals surface area (Å²) in [5.41, 5.74) is 0.720. The van der Waals surface area contributed by atoms with Crippen LogP contribution in [0.5, 0.6) is 0 Å². The summed E-state index contributed by atoms with van der Waals surface area (Å²) in [6.07, 6.45) is 0. The largest absolute Gasteiger partial charge is 0.480 e. The van der Waals surface area contributed by atoms with Gasteiger partial charge in [-0.2, -0.15) is 0 Å². The maximum atomic E-state index is 10.8. The maximum Gasteiger partial charge on any atom is 0.263 e. The third-order valence-electron chi connectivity index (χ3n) is 1.37. The van der Waals surface area contributed by atoms with Crippen LogP contribution in [0.4, 0.5) is 0 Å². The molecule has 0 saturated heterocycles. The first-order chi connectivity index (χ1) is 6.65. The highest BCUT2D eigenvalue weighted by Gasteiger charge is 2.18.